The molecule has 2 aromatic carbocycles. The molecule has 0 amide bonds. The van der Waals surface area contributed by atoms with Crippen LogP contribution in [-0.4, -0.2) is 27.5 Å². The van der Waals surface area contributed by atoms with E-state index in [1.54, 1.807) is 0 Å². The number of benzene rings is 2. The molecule has 0 saturated carbocycles. The first kappa shape index (κ1) is 17.5. The average molecular weight is 373 g/mol. The van der Waals surface area contributed by atoms with Gasteiger partial charge in [0.05, 0.1) is 0 Å². The molecule has 0 saturated heterocycles. The van der Waals surface area contributed by atoms with Gasteiger partial charge in [0.2, 0.25) is 0 Å². The monoisotopic (exact) mass is 374 g/mol. The summed E-state index contributed by atoms with van der Waals surface area (Å²) in [6.07, 6.45) is 3.02. The van der Waals surface area contributed by atoms with Gasteiger partial charge >= 0.3 is 144 Å². The maximum absolute atomic E-state index is 11.9. The molecule has 2 nitrogen and oxygen atoms in total. The van der Waals surface area contributed by atoms with Crippen LogP contribution in [0.5, 0.6) is 0 Å². The van der Waals surface area contributed by atoms with E-state index in [4.69, 9.17) is 4.74 Å². The second-order valence-electron chi connectivity index (χ2n) is 5.23. The topological polar surface area (TPSA) is 26.3 Å². The molecule has 0 radical (unpaired) electrons. The Balaban J connectivity index is 2.17. The second kappa shape index (κ2) is 9.34. The van der Waals surface area contributed by atoms with Gasteiger partial charge in [-0.05, 0) is 0 Å². The molecule has 0 bridgehead atoms. The summed E-state index contributed by atoms with van der Waals surface area (Å²) in [5, 5.41) is 0. The first-order valence-electron chi connectivity index (χ1n) is 7.80. The van der Waals surface area contributed by atoms with Crippen LogP contribution in [-0.2, 0) is 16.0 Å². The van der Waals surface area contributed by atoms with E-state index in [1.807, 2.05) is 26.0 Å². The Labute approximate surface area is 144 Å². The van der Waals surface area contributed by atoms with Crippen molar-refractivity contribution in [2.75, 3.05) is 6.61 Å². The molecule has 23 heavy (non-hydrogen) atoms. The Kier molecular flexibility index (Phi) is 7.12. The van der Waals surface area contributed by atoms with Gasteiger partial charge in [0.1, 0.15) is 0 Å². The standard InChI is InChI=1S/C20H22O2Se/c1-3-22-20(21)16(2)14-19(15-17-10-6-4-7-11-17)23-18-12-8-5-9-13-18/h4-14,19H,3,15H2,1-2H3/b16-14-/t19-/m1/s1. The first-order valence-corrected chi connectivity index (χ1v) is 9.64. The number of ether oxygens (including phenoxy) is 1. The van der Waals surface area contributed by atoms with E-state index in [-0.39, 0.29) is 20.9 Å². The number of esters is 1. The summed E-state index contributed by atoms with van der Waals surface area (Å²) in [5.74, 6) is -0.213. The van der Waals surface area contributed by atoms with Gasteiger partial charge in [0.15, 0.2) is 0 Å². The van der Waals surface area contributed by atoms with Gasteiger partial charge in [-0.3, -0.25) is 0 Å². The van der Waals surface area contributed by atoms with Crippen LogP contribution < -0.4 is 4.46 Å². The normalized spacial score (nSPS) is 12.7. The summed E-state index contributed by atoms with van der Waals surface area (Å²) >= 11 is 0.269. The number of carbonyl (C=O) groups excluding carboxylic acids is 1. The van der Waals surface area contributed by atoms with Crippen molar-refractivity contribution in [2.24, 2.45) is 0 Å². The van der Waals surface area contributed by atoms with Gasteiger partial charge in [-0.2, -0.15) is 0 Å². The molecular weight excluding hydrogens is 351 g/mol. The number of allylic oxidation sites excluding steroid dienone is 1. The molecule has 0 aliphatic heterocycles. The summed E-state index contributed by atoms with van der Waals surface area (Å²) in [7, 11) is 0. The van der Waals surface area contributed by atoms with Gasteiger partial charge in [-0.15, -0.1) is 0 Å². The van der Waals surface area contributed by atoms with Crippen molar-refractivity contribution in [1.29, 1.82) is 0 Å². The van der Waals surface area contributed by atoms with E-state index in [0.29, 0.717) is 17.0 Å². The number of hydrogen-bond donors (Lipinski definition) is 0. The molecule has 0 heterocycles. The van der Waals surface area contributed by atoms with E-state index in [1.165, 1.54) is 10.0 Å². The Morgan fingerprint density at radius 3 is 2.30 bits per heavy atom. The number of hydrogen-bond acceptors (Lipinski definition) is 2. The molecule has 0 unspecified atom stereocenters. The second-order valence-corrected chi connectivity index (χ2v) is 7.98. The molecule has 0 N–H and O–H groups in total. The van der Waals surface area contributed by atoms with Crippen LogP contribution >= 0.6 is 0 Å². The molecule has 2 rings (SSSR count). The van der Waals surface area contributed by atoms with Crippen LogP contribution in [0, 0.1) is 0 Å². The van der Waals surface area contributed by atoms with E-state index >= 15 is 0 Å². The molecule has 120 valence electrons. The third kappa shape index (κ3) is 6.05. The maximum atomic E-state index is 11.9. The van der Waals surface area contributed by atoms with Crippen molar-refractivity contribution in [3.05, 3.63) is 77.9 Å². The fourth-order valence-electron chi connectivity index (χ4n) is 2.25. The van der Waals surface area contributed by atoms with Crippen molar-refractivity contribution < 1.29 is 9.53 Å². The van der Waals surface area contributed by atoms with Crippen LogP contribution in [0.15, 0.2) is 72.3 Å². The predicted molar refractivity (Wildman–Crippen MR) is 96.1 cm³/mol. The van der Waals surface area contributed by atoms with E-state index in [2.05, 4.69) is 54.6 Å². The summed E-state index contributed by atoms with van der Waals surface area (Å²) < 4.78 is 6.45. The van der Waals surface area contributed by atoms with E-state index < -0.39 is 0 Å². The molecule has 0 aromatic heterocycles. The quantitative estimate of drug-likeness (QED) is 0.422. The van der Waals surface area contributed by atoms with Crippen molar-refractivity contribution in [2.45, 2.75) is 25.1 Å². The van der Waals surface area contributed by atoms with Crippen LogP contribution in [0.25, 0.3) is 0 Å². The zero-order chi connectivity index (χ0) is 16.5. The third-order valence-corrected chi connectivity index (χ3v) is 5.76. The molecule has 3 heteroatoms. The van der Waals surface area contributed by atoms with Crippen LogP contribution in [0.3, 0.4) is 0 Å². The summed E-state index contributed by atoms with van der Waals surface area (Å²) in [5.41, 5.74) is 1.99. The average Bonchev–Trinajstić information content (AvgIpc) is 2.57. The van der Waals surface area contributed by atoms with Gasteiger partial charge < -0.3 is 0 Å². The van der Waals surface area contributed by atoms with Gasteiger partial charge in [0, 0.05) is 0 Å². The molecular formula is C20H22O2Se. The fraction of sp³-hybridized carbons (Fsp3) is 0.250. The van der Waals surface area contributed by atoms with E-state index in [9.17, 15) is 4.79 Å². The third-order valence-electron chi connectivity index (χ3n) is 3.34. The van der Waals surface area contributed by atoms with Crippen molar-refractivity contribution in [3.8, 4) is 0 Å². The molecule has 2 aromatic rings. The van der Waals surface area contributed by atoms with Crippen molar-refractivity contribution in [1.82, 2.24) is 0 Å². The zero-order valence-corrected chi connectivity index (χ0v) is 15.3. The first-order chi connectivity index (χ1) is 11.2. The molecule has 0 aliphatic rings. The van der Waals surface area contributed by atoms with Gasteiger partial charge in [-0.25, -0.2) is 0 Å². The van der Waals surface area contributed by atoms with Crippen LogP contribution in [0.1, 0.15) is 19.4 Å². The SMILES string of the molecule is CCOC(=O)/C(C)=C\[C@H](Cc1ccccc1)[Se]c1ccccc1. The molecule has 0 aliphatic carbocycles. The Bertz CT molecular complexity index is 594. The van der Waals surface area contributed by atoms with Crippen LogP contribution in [0.2, 0.25) is 4.82 Å². The fourth-order valence-corrected chi connectivity index (χ4v) is 4.79. The van der Waals surface area contributed by atoms with E-state index in [0.717, 1.165) is 6.42 Å². The van der Waals surface area contributed by atoms with Gasteiger partial charge in [-0.1, -0.05) is 0 Å². The Hall–Kier alpha value is -1.83. The molecule has 0 spiro atoms. The van der Waals surface area contributed by atoms with Crippen LogP contribution in [0.4, 0.5) is 0 Å². The summed E-state index contributed by atoms with van der Waals surface area (Å²) in [6.45, 7) is 4.09. The molecule has 1 atom stereocenters. The Morgan fingerprint density at radius 1 is 1.09 bits per heavy atom. The minimum atomic E-state index is -0.213. The van der Waals surface area contributed by atoms with Crippen molar-refractivity contribution >= 4 is 25.4 Å². The number of carbonyl (C=O) groups is 1. The summed E-state index contributed by atoms with van der Waals surface area (Å²) in [4.78, 5) is 12.2. The van der Waals surface area contributed by atoms with Crippen molar-refractivity contribution in [3.63, 3.8) is 0 Å². The minimum absolute atomic E-state index is 0.213. The predicted octanol–water partition coefficient (Wildman–Crippen LogP) is 3.56. The zero-order valence-electron chi connectivity index (χ0n) is 13.6. The van der Waals surface area contributed by atoms with Gasteiger partial charge in [0.25, 0.3) is 0 Å². The Morgan fingerprint density at radius 2 is 1.70 bits per heavy atom. The number of rotatable bonds is 7. The summed E-state index contributed by atoms with van der Waals surface area (Å²) in [6, 6.07) is 20.9. The molecule has 0 fully saturated rings.